The van der Waals surface area contributed by atoms with Crippen molar-refractivity contribution >= 4 is 5.69 Å². The van der Waals surface area contributed by atoms with Gasteiger partial charge in [0.25, 0.3) is 0 Å². The molecule has 0 aromatic carbocycles. The quantitative estimate of drug-likeness (QED) is 0.910. The normalized spacial score (nSPS) is 17.5. The Labute approximate surface area is 123 Å². The summed E-state index contributed by atoms with van der Waals surface area (Å²) in [5.74, 6) is 0.916. The first kappa shape index (κ1) is 15.3. The van der Waals surface area contributed by atoms with Gasteiger partial charge in [0.15, 0.2) is 0 Å². The average molecular weight is 275 g/mol. The Kier molecular flexibility index (Phi) is 5.03. The van der Waals surface area contributed by atoms with Gasteiger partial charge in [-0.25, -0.2) is 0 Å². The van der Waals surface area contributed by atoms with E-state index < -0.39 is 0 Å². The Morgan fingerprint density at radius 1 is 1.30 bits per heavy atom. The molecule has 1 aromatic rings. The highest BCUT2D eigenvalue weighted by atomic mass is 15.1. The standard InChI is InChI=1S/C17H29N3/c1-5-14-7-10-20(11-8-14)16-13-18-9-6-15(16)12-19-17(2,3)4/h6,9,13-14,19H,5,7-8,10-12H2,1-4H3. The highest BCUT2D eigenvalue weighted by Crippen LogP contribution is 2.27. The van der Waals surface area contributed by atoms with Crippen molar-refractivity contribution in [2.75, 3.05) is 18.0 Å². The summed E-state index contributed by atoms with van der Waals surface area (Å²) in [6, 6.07) is 2.15. The molecule has 2 rings (SSSR count). The number of nitrogens with one attached hydrogen (secondary N) is 1. The van der Waals surface area contributed by atoms with Crippen LogP contribution in [0.1, 0.15) is 52.5 Å². The summed E-state index contributed by atoms with van der Waals surface area (Å²) >= 11 is 0. The number of anilines is 1. The Hall–Kier alpha value is -1.09. The lowest BCUT2D eigenvalue weighted by atomic mass is 9.94. The molecule has 0 amide bonds. The molecular formula is C17H29N3. The third-order valence-electron chi connectivity index (χ3n) is 4.23. The fourth-order valence-corrected chi connectivity index (χ4v) is 2.79. The summed E-state index contributed by atoms with van der Waals surface area (Å²) in [4.78, 5) is 6.85. The molecule has 0 atom stereocenters. The number of aromatic nitrogens is 1. The van der Waals surface area contributed by atoms with Gasteiger partial charge in [0, 0.05) is 31.4 Å². The van der Waals surface area contributed by atoms with Crippen LogP contribution in [0.15, 0.2) is 18.5 Å². The number of rotatable bonds is 4. The molecule has 1 aliphatic heterocycles. The van der Waals surface area contributed by atoms with E-state index in [2.05, 4.69) is 49.0 Å². The van der Waals surface area contributed by atoms with Gasteiger partial charge in [0.1, 0.15) is 0 Å². The van der Waals surface area contributed by atoms with Crippen molar-refractivity contribution in [1.82, 2.24) is 10.3 Å². The van der Waals surface area contributed by atoms with Crippen LogP contribution in [0, 0.1) is 5.92 Å². The molecule has 1 aromatic heterocycles. The Morgan fingerprint density at radius 2 is 2.00 bits per heavy atom. The topological polar surface area (TPSA) is 28.2 Å². The number of hydrogen-bond donors (Lipinski definition) is 1. The summed E-state index contributed by atoms with van der Waals surface area (Å²) < 4.78 is 0. The van der Waals surface area contributed by atoms with Crippen molar-refractivity contribution in [2.45, 2.75) is 59.0 Å². The first-order chi connectivity index (χ1) is 9.49. The molecule has 2 heterocycles. The third-order valence-corrected chi connectivity index (χ3v) is 4.23. The minimum atomic E-state index is 0.149. The lowest BCUT2D eigenvalue weighted by Gasteiger charge is -2.34. The molecule has 0 spiro atoms. The largest absolute Gasteiger partial charge is 0.370 e. The SMILES string of the molecule is CCC1CCN(c2cnccc2CNC(C)(C)C)CC1. The maximum atomic E-state index is 4.33. The molecular weight excluding hydrogens is 246 g/mol. The maximum Gasteiger partial charge on any atom is 0.0598 e. The van der Waals surface area contributed by atoms with Crippen molar-refractivity contribution in [3.63, 3.8) is 0 Å². The van der Waals surface area contributed by atoms with Crippen molar-refractivity contribution < 1.29 is 0 Å². The summed E-state index contributed by atoms with van der Waals surface area (Å²) in [7, 11) is 0. The predicted molar refractivity (Wildman–Crippen MR) is 86.1 cm³/mol. The van der Waals surface area contributed by atoms with Crippen molar-refractivity contribution in [3.8, 4) is 0 Å². The van der Waals surface area contributed by atoms with Crippen LogP contribution in [0.3, 0.4) is 0 Å². The Balaban J connectivity index is 2.04. The van der Waals surface area contributed by atoms with Crippen molar-refractivity contribution in [2.24, 2.45) is 5.92 Å². The minimum Gasteiger partial charge on any atom is -0.370 e. The molecule has 0 aliphatic carbocycles. The molecule has 112 valence electrons. The van der Waals surface area contributed by atoms with Gasteiger partial charge in [0.2, 0.25) is 0 Å². The molecule has 1 N–H and O–H groups in total. The lowest BCUT2D eigenvalue weighted by Crippen LogP contribution is -2.37. The summed E-state index contributed by atoms with van der Waals surface area (Å²) in [5.41, 5.74) is 2.83. The van der Waals surface area contributed by atoms with Gasteiger partial charge >= 0.3 is 0 Å². The van der Waals surface area contributed by atoms with Gasteiger partial charge in [-0.3, -0.25) is 4.98 Å². The molecule has 0 unspecified atom stereocenters. The second-order valence-electron chi connectivity index (χ2n) is 6.95. The van der Waals surface area contributed by atoms with Gasteiger partial charge in [-0.15, -0.1) is 0 Å². The zero-order valence-corrected chi connectivity index (χ0v) is 13.4. The second-order valence-corrected chi connectivity index (χ2v) is 6.95. The highest BCUT2D eigenvalue weighted by Gasteiger charge is 2.20. The summed E-state index contributed by atoms with van der Waals surface area (Å²) in [6.07, 6.45) is 7.89. The molecule has 0 radical (unpaired) electrons. The van der Waals surface area contributed by atoms with Gasteiger partial charge in [-0.05, 0) is 51.2 Å². The van der Waals surface area contributed by atoms with Crippen LogP contribution in [0.2, 0.25) is 0 Å². The van der Waals surface area contributed by atoms with Crippen LogP contribution < -0.4 is 10.2 Å². The van der Waals surface area contributed by atoms with Crippen LogP contribution in [0.25, 0.3) is 0 Å². The van der Waals surface area contributed by atoms with Gasteiger partial charge in [-0.1, -0.05) is 13.3 Å². The van der Waals surface area contributed by atoms with Crippen LogP contribution >= 0.6 is 0 Å². The summed E-state index contributed by atoms with van der Waals surface area (Å²) in [5, 5.41) is 3.58. The third kappa shape index (κ3) is 4.20. The molecule has 1 aliphatic rings. The zero-order valence-electron chi connectivity index (χ0n) is 13.4. The fraction of sp³-hybridized carbons (Fsp3) is 0.706. The maximum absolute atomic E-state index is 4.33. The fourth-order valence-electron chi connectivity index (χ4n) is 2.79. The van der Waals surface area contributed by atoms with Crippen LogP contribution in [0.5, 0.6) is 0 Å². The van der Waals surface area contributed by atoms with E-state index in [1.807, 2.05) is 12.4 Å². The summed E-state index contributed by atoms with van der Waals surface area (Å²) in [6.45, 7) is 12.2. The van der Waals surface area contributed by atoms with Gasteiger partial charge in [0.05, 0.1) is 11.9 Å². The monoisotopic (exact) mass is 275 g/mol. The number of nitrogens with zero attached hydrogens (tertiary/aromatic N) is 2. The van der Waals surface area contributed by atoms with Crippen molar-refractivity contribution in [3.05, 3.63) is 24.0 Å². The van der Waals surface area contributed by atoms with E-state index in [9.17, 15) is 0 Å². The van der Waals surface area contributed by atoms with Gasteiger partial charge in [-0.2, -0.15) is 0 Å². The van der Waals surface area contributed by atoms with E-state index in [1.54, 1.807) is 0 Å². The molecule has 1 fully saturated rings. The van der Waals surface area contributed by atoms with E-state index in [0.717, 1.165) is 12.5 Å². The van der Waals surface area contributed by atoms with E-state index in [0.29, 0.717) is 0 Å². The number of pyridine rings is 1. The first-order valence-corrected chi connectivity index (χ1v) is 7.92. The number of hydrogen-bond acceptors (Lipinski definition) is 3. The van der Waals surface area contributed by atoms with Crippen LogP contribution in [0.4, 0.5) is 5.69 Å². The van der Waals surface area contributed by atoms with E-state index in [1.165, 1.54) is 43.6 Å². The first-order valence-electron chi connectivity index (χ1n) is 7.92. The Morgan fingerprint density at radius 3 is 2.60 bits per heavy atom. The lowest BCUT2D eigenvalue weighted by molar-refractivity contribution is 0.393. The predicted octanol–water partition coefficient (Wildman–Crippen LogP) is 3.60. The molecule has 3 nitrogen and oxygen atoms in total. The van der Waals surface area contributed by atoms with E-state index >= 15 is 0 Å². The van der Waals surface area contributed by atoms with E-state index in [4.69, 9.17) is 0 Å². The van der Waals surface area contributed by atoms with Crippen LogP contribution in [-0.2, 0) is 6.54 Å². The molecule has 0 saturated carbocycles. The molecule has 0 bridgehead atoms. The van der Waals surface area contributed by atoms with Gasteiger partial charge < -0.3 is 10.2 Å². The van der Waals surface area contributed by atoms with Crippen molar-refractivity contribution in [1.29, 1.82) is 0 Å². The smallest absolute Gasteiger partial charge is 0.0598 e. The second kappa shape index (κ2) is 6.57. The highest BCUT2D eigenvalue weighted by molar-refractivity contribution is 5.52. The van der Waals surface area contributed by atoms with E-state index in [-0.39, 0.29) is 5.54 Å². The zero-order chi connectivity index (χ0) is 14.6. The minimum absolute atomic E-state index is 0.149. The molecule has 20 heavy (non-hydrogen) atoms. The molecule has 1 saturated heterocycles. The molecule has 3 heteroatoms. The Bertz CT molecular complexity index is 414. The number of piperidine rings is 1. The van der Waals surface area contributed by atoms with Crippen LogP contribution in [-0.4, -0.2) is 23.6 Å². The average Bonchev–Trinajstić information content (AvgIpc) is 2.45.